The van der Waals surface area contributed by atoms with Crippen LogP contribution in [0.25, 0.3) is 10.2 Å². The van der Waals surface area contributed by atoms with Crippen molar-refractivity contribution in [1.82, 2.24) is 9.97 Å². The molecule has 3 aromatic rings. The number of nitrogens with two attached hydrogens (primary N) is 1. The maximum atomic E-state index is 12.2. The summed E-state index contributed by atoms with van der Waals surface area (Å²) < 4.78 is 0.904. The second kappa shape index (κ2) is 4.84. The van der Waals surface area contributed by atoms with Crippen molar-refractivity contribution in [3.05, 3.63) is 34.3 Å². The maximum absolute atomic E-state index is 12.2. The molecule has 0 atom stereocenters. The lowest BCUT2D eigenvalue weighted by Gasteiger charge is -2.01. The Hall–Kier alpha value is -1.99. The zero-order valence-electron chi connectivity index (χ0n) is 10.9. The van der Waals surface area contributed by atoms with Gasteiger partial charge >= 0.3 is 0 Å². The first-order valence-electron chi connectivity index (χ1n) is 5.94. The zero-order chi connectivity index (χ0) is 14.3. The fourth-order valence-corrected chi connectivity index (χ4v) is 3.36. The standard InChI is InChI=1S/C13H12N4OS2/c1-6-7(2)19-13(15-6)17-11(18)8-3-4-9-10(5-8)20-12(14)16-9/h3-5H,1-2H3,(H2,14,16)(H,15,17,18). The van der Waals surface area contributed by atoms with E-state index in [1.54, 1.807) is 18.2 Å². The van der Waals surface area contributed by atoms with Gasteiger partial charge in [-0.2, -0.15) is 0 Å². The minimum absolute atomic E-state index is 0.173. The summed E-state index contributed by atoms with van der Waals surface area (Å²) in [6.45, 7) is 3.91. The number of fused-ring (bicyclic) bond motifs is 1. The van der Waals surface area contributed by atoms with Gasteiger partial charge in [0.2, 0.25) is 0 Å². The number of benzene rings is 1. The van der Waals surface area contributed by atoms with Gasteiger partial charge in [-0.25, -0.2) is 9.97 Å². The van der Waals surface area contributed by atoms with Crippen LogP contribution in [0.1, 0.15) is 20.9 Å². The third-order valence-corrected chi connectivity index (χ3v) is 4.75. The molecule has 0 aliphatic rings. The number of aromatic nitrogens is 2. The highest BCUT2D eigenvalue weighted by Crippen LogP contribution is 2.26. The Balaban J connectivity index is 1.88. The van der Waals surface area contributed by atoms with Crippen LogP contribution in [-0.4, -0.2) is 15.9 Å². The number of aryl methyl sites for hydroxylation is 2. The van der Waals surface area contributed by atoms with Gasteiger partial charge in [0.05, 0.1) is 15.9 Å². The summed E-state index contributed by atoms with van der Waals surface area (Å²) in [5, 5.41) is 3.94. The summed E-state index contributed by atoms with van der Waals surface area (Å²) in [4.78, 5) is 21.8. The normalized spacial score (nSPS) is 10.9. The molecule has 0 saturated heterocycles. The van der Waals surface area contributed by atoms with Crippen molar-refractivity contribution in [2.75, 3.05) is 11.1 Å². The SMILES string of the molecule is Cc1nc(NC(=O)c2ccc3nc(N)sc3c2)sc1C. The van der Waals surface area contributed by atoms with Gasteiger partial charge in [0.15, 0.2) is 10.3 Å². The highest BCUT2D eigenvalue weighted by atomic mass is 32.1. The summed E-state index contributed by atoms with van der Waals surface area (Å²) in [7, 11) is 0. The molecule has 0 saturated carbocycles. The average molecular weight is 304 g/mol. The Labute approximate surface area is 123 Å². The smallest absolute Gasteiger partial charge is 0.257 e. The first-order chi connectivity index (χ1) is 9.52. The molecule has 0 aliphatic heterocycles. The number of amides is 1. The Morgan fingerprint density at radius 1 is 1.25 bits per heavy atom. The van der Waals surface area contributed by atoms with Gasteiger partial charge in [0.1, 0.15) is 0 Å². The van der Waals surface area contributed by atoms with Gasteiger partial charge in [-0.1, -0.05) is 11.3 Å². The van der Waals surface area contributed by atoms with Crippen LogP contribution >= 0.6 is 22.7 Å². The molecule has 0 aliphatic carbocycles. The topological polar surface area (TPSA) is 80.9 Å². The Morgan fingerprint density at radius 3 is 2.75 bits per heavy atom. The summed E-state index contributed by atoms with van der Waals surface area (Å²) in [6.07, 6.45) is 0. The van der Waals surface area contributed by atoms with Crippen LogP contribution in [0.3, 0.4) is 0 Å². The Kier molecular flexibility index (Phi) is 3.15. The lowest BCUT2D eigenvalue weighted by Crippen LogP contribution is -2.11. The number of hydrogen-bond donors (Lipinski definition) is 2. The fourth-order valence-electron chi connectivity index (χ4n) is 1.78. The number of nitrogens with one attached hydrogen (secondary N) is 1. The fraction of sp³-hybridized carbons (Fsp3) is 0.154. The molecule has 5 nitrogen and oxygen atoms in total. The summed E-state index contributed by atoms with van der Waals surface area (Å²) >= 11 is 2.84. The minimum atomic E-state index is -0.173. The highest BCUT2D eigenvalue weighted by molar-refractivity contribution is 7.22. The third kappa shape index (κ3) is 2.37. The average Bonchev–Trinajstić information content (AvgIpc) is 2.90. The summed E-state index contributed by atoms with van der Waals surface area (Å²) in [6, 6.07) is 5.34. The van der Waals surface area contributed by atoms with E-state index >= 15 is 0 Å². The summed E-state index contributed by atoms with van der Waals surface area (Å²) in [5.74, 6) is -0.173. The van der Waals surface area contributed by atoms with Gasteiger partial charge < -0.3 is 5.73 Å². The number of anilines is 2. The molecular formula is C13H12N4OS2. The molecule has 0 unspecified atom stereocenters. The van der Waals surface area contributed by atoms with Gasteiger partial charge in [-0.15, -0.1) is 11.3 Å². The second-order valence-electron chi connectivity index (χ2n) is 4.35. The van der Waals surface area contributed by atoms with Crippen LogP contribution < -0.4 is 11.1 Å². The molecule has 2 heterocycles. The monoisotopic (exact) mass is 304 g/mol. The van der Waals surface area contributed by atoms with Crippen molar-refractivity contribution in [1.29, 1.82) is 0 Å². The Morgan fingerprint density at radius 2 is 2.05 bits per heavy atom. The van der Waals surface area contributed by atoms with Gasteiger partial charge in [0, 0.05) is 10.4 Å². The molecule has 1 amide bonds. The van der Waals surface area contributed by atoms with Crippen molar-refractivity contribution in [2.45, 2.75) is 13.8 Å². The molecule has 7 heteroatoms. The largest absolute Gasteiger partial charge is 0.375 e. The first-order valence-corrected chi connectivity index (χ1v) is 7.57. The molecule has 3 N–H and O–H groups in total. The lowest BCUT2D eigenvalue weighted by molar-refractivity contribution is 0.102. The van der Waals surface area contributed by atoms with Gasteiger partial charge in [0.25, 0.3) is 5.91 Å². The lowest BCUT2D eigenvalue weighted by atomic mass is 10.2. The van der Waals surface area contributed by atoms with Crippen molar-refractivity contribution in [3.8, 4) is 0 Å². The number of carbonyl (C=O) groups is 1. The third-order valence-electron chi connectivity index (χ3n) is 2.92. The molecular weight excluding hydrogens is 292 g/mol. The van der Waals surface area contributed by atoms with Crippen LogP contribution in [0.5, 0.6) is 0 Å². The molecule has 0 radical (unpaired) electrons. The molecule has 102 valence electrons. The van der Waals surface area contributed by atoms with Crippen LogP contribution in [0.2, 0.25) is 0 Å². The van der Waals surface area contributed by atoms with E-state index in [1.807, 2.05) is 13.8 Å². The van der Waals surface area contributed by atoms with E-state index in [2.05, 4.69) is 15.3 Å². The molecule has 3 rings (SSSR count). The molecule has 0 fully saturated rings. The molecule has 2 aromatic heterocycles. The van der Waals surface area contributed by atoms with Crippen LogP contribution in [-0.2, 0) is 0 Å². The van der Waals surface area contributed by atoms with Crippen molar-refractivity contribution < 1.29 is 4.79 Å². The predicted octanol–water partition coefficient (Wildman–Crippen LogP) is 3.20. The van der Waals surface area contributed by atoms with Crippen molar-refractivity contribution >= 4 is 49.1 Å². The highest BCUT2D eigenvalue weighted by Gasteiger charge is 2.11. The summed E-state index contributed by atoms with van der Waals surface area (Å²) in [5.41, 5.74) is 7.98. The number of thiazole rings is 2. The first kappa shape index (κ1) is 13.0. The number of rotatable bonds is 2. The van der Waals surface area contributed by atoms with E-state index in [0.29, 0.717) is 15.8 Å². The van der Waals surface area contributed by atoms with Gasteiger partial charge in [-0.3, -0.25) is 10.1 Å². The van der Waals surface area contributed by atoms with E-state index in [9.17, 15) is 4.79 Å². The quantitative estimate of drug-likeness (QED) is 0.762. The Bertz CT molecular complexity index is 786. The molecule has 0 spiro atoms. The zero-order valence-corrected chi connectivity index (χ0v) is 12.6. The number of nitrogens with zero attached hydrogens (tertiary/aromatic N) is 2. The number of hydrogen-bond acceptors (Lipinski definition) is 6. The van der Waals surface area contributed by atoms with Crippen molar-refractivity contribution in [3.63, 3.8) is 0 Å². The molecule has 1 aromatic carbocycles. The van der Waals surface area contributed by atoms with Gasteiger partial charge in [-0.05, 0) is 32.0 Å². The minimum Gasteiger partial charge on any atom is -0.375 e. The second-order valence-corrected chi connectivity index (χ2v) is 6.61. The predicted molar refractivity (Wildman–Crippen MR) is 83.6 cm³/mol. The molecule has 0 bridgehead atoms. The van der Waals surface area contributed by atoms with Crippen LogP contribution in [0.4, 0.5) is 10.3 Å². The van der Waals surface area contributed by atoms with E-state index in [4.69, 9.17) is 5.73 Å². The molecule has 20 heavy (non-hydrogen) atoms. The van der Waals surface area contributed by atoms with E-state index in [1.165, 1.54) is 22.7 Å². The number of carbonyl (C=O) groups excluding carboxylic acids is 1. The maximum Gasteiger partial charge on any atom is 0.257 e. The van der Waals surface area contributed by atoms with Crippen LogP contribution in [0.15, 0.2) is 18.2 Å². The van der Waals surface area contributed by atoms with Crippen molar-refractivity contribution in [2.24, 2.45) is 0 Å². The van der Waals surface area contributed by atoms with Crippen LogP contribution in [0, 0.1) is 13.8 Å². The van der Waals surface area contributed by atoms with E-state index in [0.717, 1.165) is 20.8 Å². The van der Waals surface area contributed by atoms with E-state index < -0.39 is 0 Å². The van der Waals surface area contributed by atoms with E-state index in [-0.39, 0.29) is 5.91 Å². The number of nitrogen functional groups attached to an aromatic ring is 1.